The molecule has 5 nitrogen and oxygen atoms in total. The molecule has 12 heteroatoms. The second-order valence-corrected chi connectivity index (χ2v) is 5.48. The molecule has 0 bridgehead atoms. The van der Waals surface area contributed by atoms with E-state index in [1.54, 1.807) is 0 Å². The normalized spacial score (nSPS) is 12.2. The highest BCUT2D eigenvalue weighted by Gasteiger charge is 2.44. The molecular formula is C16H11F7N2O3. The predicted molar refractivity (Wildman–Crippen MR) is 84.2 cm³/mol. The third-order valence-electron chi connectivity index (χ3n) is 3.58. The summed E-state index contributed by atoms with van der Waals surface area (Å²) in [5.74, 6) is -0.646. The molecule has 0 heterocycles. The van der Waals surface area contributed by atoms with Crippen molar-refractivity contribution in [3.63, 3.8) is 0 Å². The molecule has 2 aromatic carbocycles. The van der Waals surface area contributed by atoms with Gasteiger partial charge < -0.3 is 9.64 Å². The molecule has 0 saturated heterocycles. The third-order valence-corrected chi connectivity index (χ3v) is 3.58. The van der Waals surface area contributed by atoms with Crippen LogP contribution in [0.3, 0.4) is 0 Å². The minimum absolute atomic E-state index is 0.0181. The molecule has 0 amide bonds. The van der Waals surface area contributed by atoms with Crippen molar-refractivity contribution in [1.82, 2.24) is 0 Å². The second kappa shape index (κ2) is 7.52. The standard InChI is InChI=1S/C16H11F7N2O3/c1-24(9-3-2-4-11(7-9)28-16(22,23)14(17)18)10-5-6-13(25(26)27)12(8-10)15(19,20)21/h2-8,14H,1H3. The van der Waals surface area contributed by atoms with Gasteiger partial charge in [-0.25, -0.2) is 0 Å². The third kappa shape index (κ3) is 4.61. The maximum absolute atomic E-state index is 13.1. The van der Waals surface area contributed by atoms with Crippen LogP contribution in [0.5, 0.6) is 5.75 Å². The van der Waals surface area contributed by atoms with Gasteiger partial charge >= 0.3 is 18.7 Å². The SMILES string of the molecule is CN(c1cccc(OC(F)(F)C(F)F)c1)c1ccc([N+](=O)[O-])c(C(F)(F)F)c1. The number of nitro benzene ring substituents is 1. The van der Waals surface area contributed by atoms with Crippen molar-refractivity contribution in [1.29, 1.82) is 0 Å². The number of halogens is 7. The Hall–Kier alpha value is -3.05. The topological polar surface area (TPSA) is 55.6 Å². The van der Waals surface area contributed by atoms with Gasteiger partial charge in [-0.05, 0) is 24.3 Å². The summed E-state index contributed by atoms with van der Waals surface area (Å²) >= 11 is 0. The fraction of sp³-hybridized carbons (Fsp3) is 0.250. The monoisotopic (exact) mass is 412 g/mol. The van der Waals surface area contributed by atoms with Gasteiger partial charge in [-0.1, -0.05) is 6.07 Å². The zero-order valence-electron chi connectivity index (χ0n) is 13.9. The molecule has 0 spiro atoms. The van der Waals surface area contributed by atoms with Crippen LogP contribution >= 0.6 is 0 Å². The van der Waals surface area contributed by atoms with E-state index in [-0.39, 0.29) is 11.4 Å². The molecule has 0 unspecified atom stereocenters. The van der Waals surface area contributed by atoms with Crippen LogP contribution in [0.15, 0.2) is 42.5 Å². The summed E-state index contributed by atoms with van der Waals surface area (Å²) in [6.45, 7) is 0. The highest BCUT2D eigenvalue weighted by atomic mass is 19.4. The molecule has 0 N–H and O–H groups in total. The Bertz CT molecular complexity index is 872. The van der Waals surface area contributed by atoms with Gasteiger partial charge in [-0.15, -0.1) is 0 Å². The lowest BCUT2D eigenvalue weighted by Crippen LogP contribution is -2.33. The smallest absolute Gasteiger partial charge is 0.428 e. The molecule has 28 heavy (non-hydrogen) atoms. The predicted octanol–water partition coefficient (Wildman–Crippen LogP) is 5.62. The quantitative estimate of drug-likeness (QED) is 0.351. The van der Waals surface area contributed by atoms with Crippen LogP contribution in [-0.2, 0) is 6.18 Å². The van der Waals surface area contributed by atoms with Crippen LogP contribution < -0.4 is 9.64 Å². The van der Waals surface area contributed by atoms with Crippen molar-refractivity contribution in [3.05, 3.63) is 58.1 Å². The number of hydrogen-bond donors (Lipinski definition) is 0. The van der Waals surface area contributed by atoms with Crippen molar-refractivity contribution in [2.75, 3.05) is 11.9 Å². The van der Waals surface area contributed by atoms with Crippen LogP contribution in [0.2, 0.25) is 0 Å². The Kier molecular flexibility index (Phi) is 5.71. The zero-order valence-corrected chi connectivity index (χ0v) is 13.9. The molecule has 2 aromatic rings. The lowest BCUT2D eigenvalue weighted by Gasteiger charge is -2.22. The van der Waals surface area contributed by atoms with E-state index in [2.05, 4.69) is 4.74 Å². The minimum atomic E-state index is -5.01. The fourth-order valence-electron chi connectivity index (χ4n) is 2.23. The average Bonchev–Trinajstić information content (AvgIpc) is 2.59. The van der Waals surface area contributed by atoms with E-state index in [1.165, 1.54) is 19.2 Å². The summed E-state index contributed by atoms with van der Waals surface area (Å²) in [5.41, 5.74) is -2.79. The Morgan fingerprint density at radius 3 is 2.18 bits per heavy atom. The number of benzene rings is 2. The van der Waals surface area contributed by atoms with Crippen molar-refractivity contribution >= 4 is 17.1 Å². The molecule has 152 valence electrons. The number of rotatable bonds is 6. The Balaban J connectivity index is 2.40. The fourth-order valence-corrected chi connectivity index (χ4v) is 2.23. The molecule has 0 radical (unpaired) electrons. The summed E-state index contributed by atoms with van der Waals surface area (Å²) in [4.78, 5) is 10.7. The van der Waals surface area contributed by atoms with Gasteiger partial charge in [0.25, 0.3) is 5.69 Å². The van der Waals surface area contributed by atoms with Gasteiger partial charge in [0.05, 0.1) is 4.92 Å². The van der Waals surface area contributed by atoms with Crippen LogP contribution in [-0.4, -0.2) is 24.5 Å². The molecule has 0 saturated carbocycles. The summed E-state index contributed by atoms with van der Waals surface area (Å²) < 4.78 is 93.7. The van der Waals surface area contributed by atoms with E-state index in [0.717, 1.165) is 23.1 Å². The Morgan fingerprint density at radius 1 is 1.04 bits per heavy atom. The molecule has 0 fully saturated rings. The number of hydrogen-bond acceptors (Lipinski definition) is 4. The second-order valence-electron chi connectivity index (χ2n) is 5.48. The van der Waals surface area contributed by atoms with Crippen LogP contribution in [0.1, 0.15) is 5.56 Å². The first-order chi connectivity index (χ1) is 12.8. The number of anilines is 2. The van der Waals surface area contributed by atoms with Gasteiger partial charge in [-0.3, -0.25) is 10.1 Å². The van der Waals surface area contributed by atoms with Gasteiger partial charge in [0, 0.05) is 30.6 Å². The lowest BCUT2D eigenvalue weighted by molar-refractivity contribution is -0.388. The van der Waals surface area contributed by atoms with E-state index in [9.17, 15) is 40.8 Å². The minimum Gasteiger partial charge on any atom is -0.428 e. The number of nitrogens with zero attached hydrogens (tertiary/aromatic N) is 2. The first-order valence-electron chi connectivity index (χ1n) is 7.37. The molecule has 0 aliphatic heterocycles. The van der Waals surface area contributed by atoms with Gasteiger partial charge in [0.2, 0.25) is 0 Å². The van der Waals surface area contributed by atoms with Crippen molar-refractivity contribution in [2.24, 2.45) is 0 Å². The molecule has 0 aliphatic carbocycles. The highest BCUT2D eigenvalue weighted by molar-refractivity contribution is 5.66. The number of alkyl halides is 7. The van der Waals surface area contributed by atoms with Crippen molar-refractivity contribution in [2.45, 2.75) is 18.7 Å². The van der Waals surface area contributed by atoms with Gasteiger partial charge in [0.1, 0.15) is 11.3 Å². The van der Waals surface area contributed by atoms with E-state index < -0.39 is 40.6 Å². The molecule has 0 aliphatic rings. The van der Waals surface area contributed by atoms with E-state index in [4.69, 9.17) is 0 Å². The number of nitro groups is 1. The Morgan fingerprint density at radius 2 is 1.64 bits per heavy atom. The lowest BCUT2D eigenvalue weighted by atomic mass is 10.1. The van der Waals surface area contributed by atoms with E-state index in [1.807, 2.05) is 0 Å². The average molecular weight is 412 g/mol. The summed E-state index contributed by atoms with van der Waals surface area (Å²) in [6.07, 6.45) is -13.9. The Labute approximate surface area is 153 Å². The first kappa shape index (κ1) is 21.3. The van der Waals surface area contributed by atoms with E-state index >= 15 is 0 Å². The van der Waals surface area contributed by atoms with Crippen molar-refractivity contribution < 1.29 is 40.4 Å². The van der Waals surface area contributed by atoms with Gasteiger partial charge in [0.15, 0.2) is 0 Å². The first-order valence-corrected chi connectivity index (χ1v) is 7.37. The highest BCUT2D eigenvalue weighted by Crippen LogP contribution is 2.39. The summed E-state index contributed by atoms with van der Waals surface area (Å²) in [6, 6.07) is 6.52. The van der Waals surface area contributed by atoms with Crippen LogP contribution in [0.4, 0.5) is 47.8 Å². The zero-order chi connectivity index (χ0) is 21.3. The molecule has 0 aromatic heterocycles. The summed E-state index contributed by atoms with van der Waals surface area (Å²) in [7, 11) is 1.26. The largest absolute Gasteiger partial charge is 0.461 e. The molecule has 0 atom stereocenters. The van der Waals surface area contributed by atoms with Crippen molar-refractivity contribution in [3.8, 4) is 5.75 Å². The molecular weight excluding hydrogens is 401 g/mol. The summed E-state index contributed by atoms with van der Waals surface area (Å²) in [5, 5.41) is 10.8. The maximum atomic E-state index is 13.1. The van der Waals surface area contributed by atoms with Crippen LogP contribution in [0.25, 0.3) is 0 Å². The van der Waals surface area contributed by atoms with Crippen LogP contribution in [0, 0.1) is 10.1 Å². The number of ether oxygens (including phenoxy) is 1. The molecule has 2 rings (SSSR count). The van der Waals surface area contributed by atoms with Gasteiger partial charge in [-0.2, -0.15) is 30.7 Å². The van der Waals surface area contributed by atoms with E-state index in [0.29, 0.717) is 12.1 Å². The maximum Gasteiger partial charge on any atom is 0.461 e.